The number of hydrogen-bond acceptors (Lipinski definition) is 7. The summed E-state index contributed by atoms with van der Waals surface area (Å²) in [4.78, 5) is 35.8. The standard InChI is InChI=1S/C27H23N3O7/c31-26(28-20-11-13-22(14-12-20)36-21-9-5-2-6-10-21)23(18-35-17-19-7-3-1-4-8-19)29-27(32)24-15-16-25(37-24)30(33)34/h1-16,23H,17-18H2,(H,28,31)(H,29,32). The lowest BCUT2D eigenvalue weighted by molar-refractivity contribution is -0.402. The third kappa shape index (κ3) is 7.26. The number of nitro groups is 1. The van der Waals surface area contributed by atoms with E-state index in [-0.39, 0.29) is 19.0 Å². The molecular formula is C27H23N3O7. The molecule has 0 fully saturated rings. The number of carbonyl (C=O) groups excluding carboxylic acids is 2. The normalized spacial score (nSPS) is 11.4. The van der Waals surface area contributed by atoms with E-state index in [1.54, 1.807) is 24.3 Å². The van der Waals surface area contributed by atoms with Crippen molar-refractivity contribution in [3.8, 4) is 11.5 Å². The summed E-state index contributed by atoms with van der Waals surface area (Å²) in [5.74, 6) is -0.947. The molecule has 1 atom stereocenters. The molecule has 1 unspecified atom stereocenters. The Morgan fingerprint density at radius 2 is 1.51 bits per heavy atom. The zero-order valence-corrected chi connectivity index (χ0v) is 19.5. The lowest BCUT2D eigenvalue weighted by atomic mass is 10.2. The minimum Gasteiger partial charge on any atom is -0.457 e. The summed E-state index contributed by atoms with van der Waals surface area (Å²) in [5, 5.41) is 16.1. The van der Waals surface area contributed by atoms with Gasteiger partial charge in [0.1, 0.15) is 22.5 Å². The smallest absolute Gasteiger partial charge is 0.433 e. The van der Waals surface area contributed by atoms with E-state index in [4.69, 9.17) is 13.9 Å². The fraction of sp³-hybridized carbons (Fsp3) is 0.111. The minimum absolute atomic E-state index is 0.148. The maximum Gasteiger partial charge on any atom is 0.433 e. The Balaban J connectivity index is 1.41. The Morgan fingerprint density at radius 1 is 0.865 bits per heavy atom. The molecule has 10 nitrogen and oxygen atoms in total. The second-order valence-electron chi connectivity index (χ2n) is 7.85. The van der Waals surface area contributed by atoms with Gasteiger partial charge in [-0.05, 0) is 48.0 Å². The van der Waals surface area contributed by atoms with E-state index in [9.17, 15) is 19.7 Å². The van der Waals surface area contributed by atoms with Crippen LogP contribution in [0.4, 0.5) is 11.6 Å². The molecule has 37 heavy (non-hydrogen) atoms. The molecule has 0 aliphatic heterocycles. The van der Waals surface area contributed by atoms with Crippen molar-refractivity contribution in [2.45, 2.75) is 12.6 Å². The average Bonchev–Trinajstić information content (AvgIpc) is 3.42. The highest BCUT2D eigenvalue weighted by molar-refractivity contribution is 6.00. The van der Waals surface area contributed by atoms with E-state index in [0.717, 1.165) is 11.6 Å². The van der Waals surface area contributed by atoms with Crippen LogP contribution >= 0.6 is 0 Å². The summed E-state index contributed by atoms with van der Waals surface area (Å²) in [7, 11) is 0. The molecule has 4 rings (SSSR count). The van der Waals surface area contributed by atoms with Crippen molar-refractivity contribution in [2.75, 3.05) is 11.9 Å². The third-order valence-corrected chi connectivity index (χ3v) is 5.11. The molecule has 4 aromatic rings. The fourth-order valence-corrected chi connectivity index (χ4v) is 3.29. The number of para-hydroxylation sites is 1. The van der Waals surface area contributed by atoms with Crippen LogP contribution in [0.5, 0.6) is 11.5 Å². The highest BCUT2D eigenvalue weighted by atomic mass is 16.6. The summed E-state index contributed by atoms with van der Waals surface area (Å²) in [6.45, 7) is 0.0721. The largest absolute Gasteiger partial charge is 0.457 e. The summed E-state index contributed by atoms with van der Waals surface area (Å²) in [5.41, 5.74) is 1.37. The number of anilines is 1. The molecule has 0 radical (unpaired) electrons. The molecule has 1 heterocycles. The lowest BCUT2D eigenvalue weighted by Crippen LogP contribution is -2.46. The zero-order valence-electron chi connectivity index (χ0n) is 19.5. The molecule has 3 aromatic carbocycles. The Kier molecular flexibility index (Phi) is 8.25. The van der Waals surface area contributed by atoms with E-state index in [1.165, 1.54) is 6.07 Å². The summed E-state index contributed by atoms with van der Waals surface area (Å²) < 4.78 is 16.4. The Hall–Kier alpha value is -4.96. The number of nitrogens with zero attached hydrogens (tertiary/aromatic N) is 1. The SMILES string of the molecule is O=C(NC(COCc1ccccc1)C(=O)Nc1ccc(Oc2ccccc2)cc1)c1ccc([N+](=O)[O-])o1. The van der Waals surface area contributed by atoms with E-state index in [2.05, 4.69) is 10.6 Å². The predicted molar refractivity (Wildman–Crippen MR) is 134 cm³/mol. The van der Waals surface area contributed by atoms with Gasteiger partial charge < -0.3 is 24.5 Å². The molecule has 188 valence electrons. The van der Waals surface area contributed by atoms with E-state index in [0.29, 0.717) is 17.2 Å². The number of amides is 2. The van der Waals surface area contributed by atoms with Gasteiger partial charge in [-0.15, -0.1) is 0 Å². The number of rotatable bonds is 11. The van der Waals surface area contributed by atoms with Crippen LogP contribution in [-0.4, -0.2) is 29.4 Å². The molecule has 10 heteroatoms. The Morgan fingerprint density at radius 3 is 2.16 bits per heavy atom. The molecule has 0 saturated heterocycles. The van der Waals surface area contributed by atoms with Crippen LogP contribution < -0.4 is 15.4 Å². The second-order valence-corrected chi connectivity index (χ2v) is 7.85. The topological polar surface area (TPSA) is 133 Å². The highest BCUT2D eigenvalue weighted by Crippen LogP contribution is 2.23. The van der Waals surface area contributed by atoms with Crippen molar-refractivity contribution >= 4 is 23.4 Å². The molecule has 0 aliphatic rings. The van der Waals surface area contributed by atoms with Crippen molar-refractivity contribution < 1.29 is 28.4 Å². The van der Waals surface area contributed by atoms with Crippen LogP contribution in [0.1, 0.15) is 16.1 Å². The molecule has 2 amide bonds. The van der Waals surface area contributed by atoms with E-state index >= 15 is 0 Å². The van der Waals surface area contributed by atoms with E-state index < -0.39 is 28.7 Å². The van der Waals surface area contributed by atoms with Crippen LogP contribution in [0.2, 0.25) is 0 Å². The van der Waals surface area contributed by atoms with Gasteiger partial charge in [-0.2, -0.15) is 0 Å². The number of furan rings is 1. The first kappa shape index (κ1) is 25.1. The van der Waals surface area contributed by atoms with Crippen LogP contribution in [0.25, 0.3) is 0 Å². The maximum absolute atomic E-state index is 13.0. The molecule has 2 N–H and O–H groups in total. The third-order valence-electron chi connectivity index (χ3n) is 5.11. The van der Waals surface area contributed by atoms with Crippen LogP contribution in [-0.2, 0) is 16.1 Å². The second kappa shape index (κ2) is 12.1. The minimum atomic E-state index is -1.11. The Bertz CT molecular complexity index is 1340. The Labute approximate surface area is 212 Å². The summed E-state index contributed by atoms with van der Waals surface area (Å²) in [6.07, 6.45) is 0. The van der Waals surface area contributed by atoms with E-state index in [1.807, 2.05) is 60.7 Å². The number of ether oxygens (including phenoxy) is 2. The van der Waals surface area contributed by atoms with Gasteiger partial charge in [0.2, 0.25) is 5.91 Å². The summed E-state index contributed by atoms with van der Waals surface area (Å²) in [6, 6.07) is 26.4. The van der Waals surface area contributed by atoms with Crippen LogP contribution in [0.15, 0.2) is 101 Å². The monoisotopic (exact) mass is 501 g/mol. The zero-order chi connectivity index (χ0) is 26.0. The highest BCUT2D eigenvalue weighted by Gasteiger charge is 2.25. The van der Waals surface area contributed by atoms with Gasteiger partial charge in [-0.1, -0.05) is 48.5 Å². The number of benzene rings is 3. The van der Waals surface area contributed by atoms with Crippen LogP contribution in [0.3, 0.4) is 0 Å². The number of carbonyl (C=O) groups is 2. The molecule has 0 saturated carbocycles. The first-order chi connectivity index (χ1) is 18.0. The summed E-state index contributed by atoms with van der Waals surface area (Å²) >= 11 is 0. The van der Waals surface area contributed by atoms with Gasteiger partial charge in [0.25, 0.3) is 5.91 Å². The van der Waals surface area contributed by atoms with Gasteiger partial charge >= 0.3 is 5.88 Å². The number of hydrogen-bond donors (Lipinski definition) is 2. The van der Waals surface area contributed by atoms with Gasteiger partial charge in [0.05, 0.1) is 19.3 Å². The number of nitrogens with one attached hydrogen (secondary N) is 2. The molecular weight excluding hydrogens is 478 g/mol. The van der Waals surface area contributed by atoms with Crippen molar-refractivity contribution in [3.63, 3.8) is 0 Å². The van der Waals surface area contributed by atoms with Crippen LogP contribution in [0, 0.1) is 10.1 Å². The first-order valence-electron chi connectivity index (χ1n) is 11.3. The average molecular weight is 501 g/mol. The molecule has 0 aliphatic carbocycles. The van der Waals surface area contributed by atoms with Gasteiger partial charge in [-0.3, -0.25) is 19.7 Å². The van der Waals surface area contributed by atoms with Crippen molar-refractivity contribution in [2.24, 2.45) is 0 Å². The first-order valence-corrected chi connectivity index (χ1v) is 11.3. The van der Waals surface area contributed by atoms with Crippen molar-refractivity contribution in [1.82, 2.24) is 5.32 Å². The van der Waals surface area contributed by atoms with Gasteiger partial charge in [0, 0.05) is 5.69 Å². The van der Waals surface area contributed by atoms with Crippen molar-refractivity contribution in [3.05, 3.63) is 118 Å². The molecule has 0 bridgehead atoms. The molecule has 1 aromatic heterocycles. The van der Waals surface area contributed by atoms with Crippen molar-refractivity contribution in [1.29, 1.82) is 0 Å². The van der Waals surface area contributed by atoms with Gasteiger partial charge in [0.15, 0.2) is 5.76 Å². The quantitative estimate of drug-likeness (QED) is 0.220. The molecule has 0 spiro atoms. The van der Waals surface area contributed by atoms with Gasteiger partial charge in [-0.25, -0.2) is 0 Å². The maximum atomic E-state index is 13.0. The fourth-order valence-electron chi connectivity index (χ4n) is 3.29. The predicted octanol–water partition coefficient (Wildman–Crippen LogP) is 4.93. The lowest BCUT2D eigenvalue weighted by Gasteiger charge is -2.18.